The smallest absolute Gasteiger partial charge is 0.322 e. The molecular formula is C20H27N3O3. The van der Waals surface area contributed by atoms with Crippen LogP contribution in [0.3, 0.4) is 0 Å². The summed E-state index contributed by atoms with van der Waals surface area (Å²) in [6.07, 6.45) is 5.06. The lowest BCUT2D eigenvalue weighted by molar-refractivity contribution is -0.122. The Kier molecular flexibility index (Phi) is 5.30. The second-order valence-electron chi connectivity index (χ2n) is 7.69. The van der Waals surface area contributed by atoms with Crippen molar-refractivity contribution in [2.45, 2.75) is 63.8 Å². The Morgan fingerprint density at radius 2 is 1.81 bits per heavy atom. The molecule has 0 spiro atoms. The Labute approximate surface area is 154 Å². The highest BCUT2D eigenvalue weighted by atomic mass is 16.2. The third-order valence-corrected chi connectivity index (χ3v) is 5.54. The zero-order chi connectivity index (χ0) is 18.7. The molecule has 1 unspecified atom stereocenters. The minimum atomic E-state index is -0.604. The Hall–Kier alpha value is -2.37. The SMILES string of the molecule is Cc1cc(C)cc(C2(CNC(=O)CCC3NC(=O)NC3=O)CCCC2)c1. The van der Waals surface area contributed by atoms with Gasteiger partial charge in [-0.15, -0.1) is 0 Å². The van der Waals surface area contributed by atoms with Gasteiger partial charge in [-0.3, -0.25) is 14.9 Å². The van der Waals surface area contributed by atoms with Crippen molar-refractivity contribution in [2.75, 3.05) is 6.54 Å². The van der Waals surface area contributed by atoms with Crippen molar-refractivity contribution in [3.8, 4) is 0 Å². The minimum absolute atomic E-state index is 0.00535. The summed E-state index contributed by atoms with van der Waals surface area (Å²) in [5, 5.41) is 7.78. The summed E-state index contributed by atoms with van der Waals surface area (Å²) >= 11 is 0. The molecule has 2 aliphatic rings. The molecular weight excluding hydrogens is 330 g/mol. The molecule has 1 aromatic rings. The van der Waals surface area contributed by atoms with Gasteiger partial charge in [0.1, 0.15) is 6.04 Å². The summed E-state index contributed by atoms with van der Waals surface area (Å²) in [7, 11) is 0. The molecule has 3 rings (SSSR count). The van der Waals surface area contributed by atoms with E-state index in [0.29, 0.717) is 13.0 Å². The summed E-state index contributed by atoms with van der Waals surface area (Å²) in [5.74, 6) is -0.431. The van der Waals surface area contributed by atoms with Crippen LogP contribution in [0, 0.1) is 13.8 Å². The maximum atomic E-state index is 12.3. The van der Waals surface area contributed by atoms with Gasteiger partial charge in [-0.1, -0.05) is 42.2 Å². The highest BCUT2D eigenvalue weighted by Gasteiger charge is 2.36. The van der Waals surface area contributed by atoms with E-state index in [0.717, 1.165) is 12.8 Å². The van der Waals surface area contributed by atoms with Crippen LogP contribution in [0.1, 0.15) is 55.2 Å². The van der Waals surface area contributed by atoms with Gasteiger partial charge in [0, 0.05) is 18.4 Å². The largest absolute Gasteiger partial charge is 0.355 e. The first-order valence-corrected chi connectivity index (χ1v) is 9.35. The zero-order valence-electron chi connectivity index (χ0n) is 15.5. The molecule has 0 bridgehead atoms. The van der Waals surface area contributed by atoms with Gasteiger partial charge in [-0.25, -0.2) is 4.79 Å². The van der Waals surface area contributed by atoms with Gasteiger partial charge in [-0.2, -0.15) is 0 Å². The first-order valence-electron chi connectivity index (χ1n) is 9.35. The molecule has 6 heteroatoms. The standard InChI is InChI=1S/C20H27N3O3/c1-13-9-14(2)11-15(10-13)20(7-3-4-8-20)12-21-17(24)6-5-16-18(25)23-19(26)22-16/h9-11,16H,3-8,12H2,1-2H3,(H,21,24)(H2,22,23,25,26). The predicted octanol–water partition coefficient (Wildman–Crippen LogP) is 2.22. The van der Waals surface area contributed by atoms with E-state index in [1.807, 2.05) is 0 Å². The summed E-state index contributed by atoms with van der Waals surface area (Å²) in [6.45, 7) is 4.84. The number of hydrogen-bond acceptors (Lipinski definition) is 3. The first kappa shape index (κ1) is 18.4. The number of nitrogens with one attached hydrogen (secondary N) is 3. The fourth-order valence-electron chi connectivity index (χ4n) is 4.19. The second-order valence-corrected chi connectivity index (χ2v) is 7.69. The molecule has 6 nitrogen and oxygen atoms in total. The van der Waals surface area contributed by atoms with Gasteiger partial charge in [-0.05, 0) is 38.7 Å². The highest BCUT2D eigenvalue weighted by Crippen LogP contribution is 2.41. The molecule has 1 aliphatic heterocycles. The third-order valence-electron chi connectivity index (χ3n) is 5.54. The number of aryl methyl sites for hydroxylation is 2. The molecule has 3 N–H and O–H groups in total. The van der Waals surface area contributed by atoms with E-state index in [2.05, 4.69) is 48.0 Å². The normalized spacial score (nSPS) is 21.4. The van der Waals surface area contributed by atoms with E-state index in [-0.39, 0.29) is 23.7 Å². The van der Waals surface area contributed by atoms with E-state index >= 15 is 0 Å². The maximum Gasteiger partial charge on any atom is 0.322 e. The molecule has 2 fully saturated rings. The summed E-state index contributed by atoms with van der Waals surface area (Å²) in [5.41, 5.74) is 3.82. The van der Waals surface area contributed by atoms with Crippen molar-refractivity contribution in [1.29, 1.82) is 0 Å². The van der Waals surface area contributed by atoms with Gasteiger partial charge in [0.2, 0.25) is 5.91 Å². The highest BCUT2D eigenvalue weighted by molar-refractivity contribution is 6.04. The Morgan fingerprint density at radius 3 is 2.38 bits per heavy atom. The van der Waals surface area contributed by atoms with Gasteiger partial charge in [0.05, 0.1) is 0 Å². The number of carbonyl (C=O) groups excluding carboxylic acids is 3. The Bertz CT molecular complexity index is 703. The first-order chi connectivity index (χ1) is 12.4. The van der Waals surface area contributed by atoms with Crippen LogP contribution in [-0.2, 0) is 15.0 Å². The quantitative estimate of drug-likeness (QED) is 0.682. The van der Waals surface area contributed by atoms with Crippen LogP contribution in [0.25, 0.3) is 0 Å². The summed E-state index contributed by atoms with van der Waals surface area (Å²) in [4.78, 5) is 35.0. The molecule has 1 saturated heterocycles. The second kappa shape index (κ2) is 7.48. The van der Waals surface area contributed by atoms with E-state index < -0.39 is 12.1 Å². The number of urea groups is 1. The van der Waals surface area contributed by atoms with Gasteiger partial charge in [0.15, 0.2) is 0 Å². The van der Waals surface area contributed by atoms with E-state index in [1.54, 1.807) is 0 Å². The van der Waals surface area contributed by atoms with Crippen molar-refractivity contribution in [2.24, 2.45) is 0 Å². The van der Waals surface area contributed by atoms with Crippen LogP contribution in [-0.4, -0.2) is 30.4 Å². The fraction of sp³-hybridized carbons (Fsp3) is 0.550. The van der Waals surface area contributed by atoms with Crippen molar-refractivity contribution >= 4 is 17.8 Å². The van der Waals surface area contributed by atoms with Gasteiger partial charge >= 0.3 is 6.03 Å². The van der Waals surface area contributed by atoms with Crippen molar-refractivity contribution < 1.29 is 14.4 Å². The number of hydrogen-bond donors (Lipinski definition) is 3. The minimum Gasteiger partial charge on any atom is -0.355 e. The molecule has 1 heterocycles. The van der Waals surface area contributed by atoms with Crippen LogP contribution in [0.5, 0.6) is 0 Å². The van der Waals surface area contributed by atoms with E-state index in [9.17, 15) is 14.4 Å². The van der Waals surface area contributed by atoms with Gasteiger partial charge in [0.25, 0.3) is 5.91 Å². The van der Waals surface area contributed by atoms with Crippen LogP contribution in [0.15, 0.2) is 18.2 Å². The Morgan fingerprint density at radius 1 is 1.15 bits per heavy atom. The third kappa shape index (κ3) is 4.06. The average Bonchev–Trinajstić information content (AvgIpc) is 3.17. The van der Waals surface area contributed by atoms with E-state index in [4.69, 9.17) is 0 Å². The molecule has 1 saturated carbocycles. The van der Waals surface area contributed by atoms with Crippen LogP contribution >= 0.6 is 0 Å². The maximum absolute atomic E-state index is 12.3. The average molecular weight is 357 g/mol. The number of amides is 4. The zero-order valence-corrected chi connectivity index (χ0v) is 15.5. The predicted molar refractivity (Wildman–Crippen MR) is 98.8 cm³/mol. The topological polar surface area (TPSA) is 87.3 Å². The van der Waals surface area contributed by atoms with Crippen molar-refractivity contribution in [3.05, 3.63) is 34.9 Å². The van der Waals surface area contributed by atoms with Crippen LogP contribution in [0.4, 0.5) is 4.79 Å². The fourth-order valence-corrected chi connectivity index (χ4v) is 4.19. The molecule has 4 amide bonds. The lowest BCUT2D eigenvalue weighted by Gasteiger charge is -2.31. The molecule has 26 heavy (non-hydrogen) atoms. The summed E-state index contributed by atoms with van der Waals surface area (Å²) in [6, 6.07) is 5.56. The number of rotatable bonds is 6. The van der Waals surface area contributed by atoms with Gasteiger partial charge < -0.3 is 10.6 Å². The molecule has 1 atom stereocenters. The Balaban J connectivity index is 1.59. The van der Waals surface area contributed by atoms with Crippen molar-refractivity contribution in [3.63, 3.8) is 0 Å². The molecule has 0 aromatic heterocycles. The number of imide groups is 1. The molecule has 1 aromatic carbocycles. The van der Waals surface area contributed by atoms with E-state index in [1.165, 1.54) is 29.5 Å². The molecule has 140 valence electrons. The lowest BCUT2D eigenvalue weighted by atomic mass is 9.77. The number of carbonyl (C=O) groups is 3. The monoisotopic (exact) mass is 357 g/mol. The lowest BCUT2D eigenvalue weighted by Crippen LogP contribution is -2.40. The molecule has 0 radical (unpaired) electrons. The van der Waals surface area contributed by atoms with Crippen LogP contribution in [0.2, 0.25) is 0 Å². The molecule has 1 aliphatic carbocycles. The van der Waals surface area contributed by atoms with Crippen molar-refractivity contribution in [1.82, 2.24) is 16.0 Å². The number of benzene rings is 1. The van der Waals surface area contributed by atoms with Crippen LogP contribution < -0.4 is 16.0 Å². The summed E-state index contributed by atoms with van der Waals surface area (Å²) < 4.78 is 0.